The third kappa shape index (κ3) is 3.36. The lowest BCUT2D eigenvalue weighted by Gasteiger charge is -2.24. The largest absolute Gasteiger partial charge is 0.495 e. The first kappa shape index (κ1) is 19.7. The average molecular weight is 427 g/mol. The molecule has 0 saturated carbocycles. The van der Waals surface area contributed by atoms with Gasteiger partial charge < -0.3 is 19.5 Å². The van der Waals surface area contributed by atoms with Gasteiger partial charge in [0.05, 0.1) is 30.6 Å². The summed E-state index contributed by atoms with van der Waals surface area (Å²) >= 11 is 11.9. The van der Waals surface area contributed by atoms with Crippen LogP contribution in [0.15, 0.2) is 48.7 Å². The Morgan fingerprint density at radius 3 is 2.66 bits per heavy atom. The van der Waals surface area contributed by atoms with Gasteiger partial charge in [0.15, 0.2) is 5.11 Å². The van der Waals surface area contributed by atoms with Gasteiger partial charge in [0.2, 0.25) is 0 Å². The van der Waals surface area contributed by atoms with Gasteiger partial charge >= 0.3 is 0 Å². The van der Waals surface area contributed by atoms with Crippen molar-refractivity contribution in [1.82, 2.24) is 19.8 Å². The smallest absolute Gasteiger partial charge is 0.169 e. The maximum Gasteiger partial charge on any atom is 0.169 e. The van der Waals surface area contributed by atoms with E-state index in [0.717, 1.165) is 33.6 Å². The standard InChI is InChI=1S/C22H23ClN4OS/c1-13-11-16(14(2)27(13)18-12-15(23)8-9-19(18)28-4)21-20(25-22(29)26(21)3)17-7-5-6-10-24-17/h5-12,20-21H,1-4H3,(H,25,29)/t20-,21-/m0/s1. The number of thiocarbonyl (C=S) groups is 1. The van der Waals surface area contributed by atoms with Crippen molar-refractivity contribution in [2.45, 2.75) is 25.9 Å². The van der Waals surface area contributed by atoms with Crippen molar-refractivity contribution >= 4 is 28.9 Å². The number of rotatable bonds is 4. The van der Waals surface area contributed by atoms with Crippen LogP contribution in [0.25, 0.3) is 5.69 Å². The van der Waals surface area contributed by atoms with Gasteiger partial charge in [0, 0.05) is 29.7 Å². The number of ether oxygens (including phenoxy) is 1. The number of likely N-dealkylation sites (N-methyl/N-ethyl adjacent to an activating group) is 1. The highest BCUT2D eigenvalue weighted by Gasteiger charge is 2.39. The summed E-state index contributed by atoms with van der Waals surface area (Å²) in [6.45, 7) is 4.21. The topological polar surface area (TPSA) is 42.3 Å². The Morgan fingerprint density at radius 1 is 1.17 bits per heavy atom. The fraction of sp³-hybridized carbons (Fsp3) is 0.273. The maximum absolute atomic E-state index is 6.30. The molecule has 1 aliphatic rings. The SMILES string of the molecule is COc1ccc(Cl)cc1-n1c(C)cc([C@H]2[C@H](c3ccccn3)NC(=S)N2C)c1C. The van der Waals surface area contributed by atoms with E-state index in [4.69, 9.17) is 28.6 Å². The summed E-state index contributed by atoms with van der Waals surface area (Å²) in [4.78, 5) is 6.68. The Kier molecular flexibility index (Phi) is 5.23. The summed E-state index contributed by atoms with van der Waals surface area (Å²) in [7, 11) is 3.70. The molecular weight excluding hydrogens is 404 g/mol. The number of benzene rings is 1. The molecule has 0 bridgehead atoms. The van der Waals surface area contributed by atoms with Crippen molar-refractivity contribution in [3.8, 4) is 11.4 Å². The van der Waals surface area contributed by atoms with E-state index in [1.807, 2.05) is 49.6 Å². The van der Waals surface area contributed by atoms with Crippen LogP contribution in [0.2, 0.25) is 5.02 Å². The van der Waals surface area contributed by atoms with Gasteiger partial charge in [0.25, 0.3) is 0 Å². The lowest BCUT2D eigenvalue weighted by Crippen LogP contribution is -2.25. The summed E-state index contributed by atoms with van der Waals surface area (Å²) in [5, 5.41) is 4.82. The van der Waals surface area contributed by atoms with Crippen LogP contribution in [-0.2, 0) is 0 Å². The number of pyridine rings is 1. The van der Waals surface area contributed by atoms with Crippen molar-refractivity contribution in [3.05, 3.63) is 76.3 Å². The molecule has 5 nitrogen and oxygen atoms in total. The number of aromatic nitrogens is 2. The van der Waals surface area contributed by atoms with Crippen LogP contribution in [0.4, 0.5) is 0 Å². The van der Waals surface area contributed by atoms with E-state index in [2.05, 4.69) is 39.7 Å². The quantitative estimate of drug-likeness (QED) is 0.609. The monoisotopic (exact) mass is 426 g/mol. The van der Waals surface area contributed by atoms with Gasteiger partial charge in [-0.15, -0.1) is 0 Å². The van der Waals surface area contributed by atoms with Crippen molar-refractivity contribution in [1.29, 1.82) is 0 Å². The minimum Gasteiger partial charge on any atom is -0.495 e. The highest BCUT2D eigenvalue weighted by Crippen LogP contribution is 2.41. The van der Waals surface area contributed by atoms with E-state index in [0.29, 0.717) is 5.02 Å². The molecule has 1 aliphatic heterocycles. The minimum atomic E-state index is -0.0242. The molecule has 1 saturated heterocycles. The Bertz CT molecular complexity index is 1070. The first-order chi connectivity index (χ1) is 13.9. The number of nitrogens with zero attached hydrogens (tertiary/aromatic N) is 3. The van der Waals surface area contributed by atoms with Crippen LogP contribution in [0.5, 0.6) is 5.75 Å². The molecular formula is C22H23ClN4OS. The number of aryl methyl sites for hydroxylation is 1. The third-order valence-electron chi connectivity index (χ3n) is 5.51. The second-order valence-electron chi connectivity index (χ2n) is 7.22. The summed E-state index contributed by atoms with van der Waals surface area (Å²) in [6, 6.07) is 13.8. The van der Waals surface area contributed by atoms with E-state index in [9.17, 15) is 0 Å². The molecule has 0 radical (unpaired) electrons. The van der Waals surface area contributed by atoms with Crippen LogP contribution in [0.1, 0.15) is 34.7 Å². The van der Waals surface area contributed by atoms with Crippen molar-refractivity contribution in [2.24, 2.45) is 0 Å². The fourth-order valence-corrected chi connectivity index (χ4v) is 4.55. The number of hydrogen-bond acceptors (Lipinski definition) is 3. The number of nitrogens with one attached hydrogen (secondary N) is 1. The molecule has 0 spiro atoms. The van der Waals surface area contributed by atoms with Crippen LogP contribution in [-0.4, -0.2) is 33.7 Å². The second-order valence-corrected chi connectivity index (χ2v) is 8.04. The zero-order chi connectivity index (χ0) is 20.7. The predicted octanol–water partition coefficient (Wildman–Crippen LogP) is 4.75. The zero-order valence-corrected chi connectivity index (χ0v) is 18.4. The first-order valence-electron chi connectivity index (χ1n) is 9.39. The van der Waals surface area contributed by atoms with Crippen LogP contribution < -0.4 is 10.1 Å². The third-order valence-corrected chi connectivity index (χ3v) is 6.15. The summed E-state index contributed by atoms with van der Waals surface area (Å²) < 4.78 is 7.78. The summed E-state index contributed by atoms with van der Waals surface area (Å²) in [6.07, 6.45) is 1.82. The van der Waals surface area contributed by atoms with Gasteiger partial charge in [-0.25, -0.2) is 0 Å². The lowest BCUT2D eigenvalue weighted by molar-refractivity contribution is 0.367. The molecule has 1 fully saturated rings. The molecule has 0 unspecified atom stereocenters. The van der Waals surface area contributed by atoms with E-state index in [-0.39, 0.29) is 12.1 Å². The van der Waals surface area contributed by atoms with E-state index in [1.165, 1.54) is 5.56 Å². The van der Waals surface area contributed by atoms with Crippen molar-refractivity contribution < 1.29 is 4.74 Å². The molecule has 0 aliphatic carbocycles. The molecule has 2 atom stereocenters. The van der Waals surface area contributed by atoms with Crippen molar-refractivity contribution in [2.75, 3.05) is 14.2 Å². The van der Waals surface area contributed by atoms with Crippen LogP contribution in [0.3, 0.4) is 0 Å². The van der Waals surface area contributed by atoms with Gasteiger partial charge in [-0.1, -0.05) is 17.7 Å². The molecule has 0 amide bonds. The number of methoxy groups -OCH3 is 1. The summed E-state index contributed by atoms with van der Waals surface area (Å²) in [5.41, 5.74) is 5.30. The van der Waals surface area contributed by atoms with E-state index < -0.39 is 0 Å². The average Bonchev–Trinajstić information content (AvgIpc) is 3.17. The molecule has 3 aromatic rings. The lowest BCUT2D eigenvalue weighted by atomic mass is 9.97. The fourth-order valence-electron chi connectivity index (χ4n) is 4.14. The van der Waals surface area contributed by atoms with Gasteiger partial charge in [-0.05, 0) is 68.0 Å². The molecule has 1 aromatic carbocycles. The van der Waals surface area contributed by atoms with Gasteiger partial charge in [0.1, 0.15) is 5.75 Å². The van der Waals surface area contributed by atoms with Crippen LogP contribution in [0, 0.1) is 13.8 Å². The Labute approximate surface area is 181 Å². The minimum absolute atomic E-state index is 0.0242. The summed E-state index contributed by atoms with van der Waals surface area (Å²) in [5.74, 6) is 0.775. The van der Waals surface area contributed by atoms with Gasteiger partial charge in [-0.3, -0.25) is 4.98 Å². The zero-order valence-electron chi connectivity index (χ0n) is 16.8. The maximum atomic E-state index is 6.30. The Balaban J connectivity index is 1.85. The first-order valence-corrected chi connectivity index (χ1v) is 10.2. The second kappa shape index (κ2) is 7.69. The van der Waals surface area contributed by atoms with Crippen LogP contribution >= 0.6 is 23.8 Å². The normalized spacial score (nSPS) is 18.8. The number of hydrogen-bond donors (Lipinski definition) is 1. The molecule has 4 rings (SSSR count). The Morgan fingerprint density at radius 2 is 1.97 bits per heavy atom. The molecule has 1 N–H and O–H groups in total. The van der Waals surface area contributed by atoms with Crippen molar-refractivity contribution in [3.63, 3.8) is 0 Å². The molecule has 2 aromatic heterocycles. The highest BCUT2D eigenvalue weighted by atomic mass is 35.5. The van der Waals surface area contributed by atoms with E-state index in [1.54, 1.807) is 7.11 Å². The molecule has 29 heavy (non-hydrogen) atoms. The Hall–Kier alpha value is -2.57. The molecule has 7 heteroatoms. The molecule has 150 valence electrons. The molecule has 3 heterocycles. The number of halogens is 1. The van der Waals surface area contributed by atoms with Gasteiger partial charge in [-0.2, -0.15) is 0 Å². The van der Waals surface area contributed by atoms with E-state index >= 15 is 0 Å². The predicted molar refractivity (Wildman–Crippen MR) is 120 cm³/mol. The highest BCUT2D eigenvalue weighted by molar-refractivity contribution is 7.80.